The van der Waals surface area contributed by atoms with Crippen molar-refractivity contribution < 1.29 is 4.79 Å². The molecule has 0 spiro atoms. The lowest BCUT2D eigenvalue weighted by molar-refractivity contribution is -0.122. The molecule has 1 saturated carbocycles. The molecule has 0 radical (unpaired) electrons. The van der Waals surface area contributed by atoms with Crippen molar-refractivity contribution in [2.75, 3.05) is 0 Å². The fourth-order valence-electron chi connectivity index (χ4n) is 3.75. The second-order valence-electron chi connectivity index (χ2n) is 6.92. The molecule has 1 aromatic heterocycles. The van der Waals surface area contributed by atoms with E-state index in [2.05, 4.69) is 21.2 Å². The molecular formula is C21H22BrN3O. The van der Waals surface area contributed by atoms with Gasteiger partial charge in [-0.25, -0.2) is 4.98 Å². The molecule has 0 saturated heterocycles. The van der Waals surface area contributed by atoms with Crippen molar-refractivity contribution in [2.45, 2.75) is 44.7 Å². The van der Waals surface area contributed by atoms with Gasteiger partial charge in [0, 0.05) is 16.1 Å². The maximum Gasteiger partial charge on any atom is 0.240 e. The molecular weight excluding hydrogens is 390 g/mol. The number of para-hydroxylation sites is 2. The molecule has 4 rings (SSSR count). The number of aromatic nitrogens is 2. The summed E-state index contributed by atoms with van der Waals surface area (Å²) >= 11 is 3.53. The SMILES string of the molecule is O=C(Cn1c(-c2cccc(Br)c2)nc2ccccc21)NC1CCCCC1. The molecule has 26 heavy (non-hydrogen) atoms. The van der Waals surface area contributed by atoms with Gasteiger partial charge in [-0.05, 0) is 37.1 Å². The van der Waals surface area contributed by atoms with E-state index in [0.717, 1.165) is 39.7 Å². The van der Waals surface area contributed by atoms with Crippen LogP contribution in [0.1, 0.15) is 32.1 Å². The van der Waals surface area contributed by atoms with Crippen molar-refractivity contribution in [1.82, 2.24) is 14.9 Å². The topological polar surface area (TPSA) is 46.9 Å². The molecule has 0 atom stereocenters. The first kappa shape index (κ1) is 17.3. The van der Waals surface area contributed by atoms with Crippen molar-refractivity contribution >= 4 is 32.9 Å². The number of imidazole rings is 1. The van der Waals surface area contributed by atoms with Gasteiger partial charge in [0.05, 0.1) is 11.0 Å². The van der Waals surface area contributed by atoms with E-state index < -0.39 is 0 Å². The molecule has 1 heterocycles. The quantitative estimate of drug-likeness (QED) is 0.662. The Morgan fingerprint density at radius 2 is 1.92 bits per heavy atom. The highest BCUT2D eigenvalue weighted by Crippen LogP contribution is 2.27. The van der Waals surface area contributed by atoms with Gasteiger partial charge in [-0.2, -0.15) is 0 Å². The number of carbonyl (C=O) groups is 1. The summed E-state index contributed by atoms with van der Waals surface area (Å²) in [6.07, 6.45) is 5.89. The molecule has 134 valence electrons. The van der Waals surface area contributed by atoms with Crippen LogP contribution in [-0.2, 0) is 11.3 Å². The van der Waals surface area contributed by atoms with Crippen LogP contribution < -0.4 is 5.32 Å². The first-order valence-electron chi connectivity index (χ1n) is 9.21. The number of fused-ring (bicyclic) bond motifs is 1. The summed E-state index contributed by atoms with van der Waals surface area (Å²) in [7, 11) is 0. The van der Waals surface area contributed by atoms with Crippen molar-refractivity contribution in [3.05, 3.63) is 53.0 Å². The van der Waals surface area contributed by atoms with Crippen LogP contribution in [0.3, 0.4) is 0 Å². The third-order valence-corrected chi connectivity index (χ3v) is 5.50. The highest BCUT2D eigenvalue weighted by molar-refractivity contribution is 9.10. The van der Waals surface area contributed by atoms with E-state index in [-0.39, 0.29) is 5.91 Å². The van der Waals surface area contributed by atoms with E-state index in [9.17, 15) is 4.79 Å². The summed E-state index contributed by atoms with van der Waals surface area (Å²) < 4.78 is 3.02. The lowest BCUT2D eigenvalue weighted by Crippen LogP contribution is -2.38. The number of nitrogens with zero attached hydrogens (tertiary/aromatic N) is 2. The van der Waals surface area contributed by atoms with Crippen molar-refractivity contribution in [1.29, 1.82) is 0 Å². The van der Waals surface area contributed by atoms with Crippen LogP contribution >= 0.6 is 15.9 Å². The maximum atomic E-state index is 12.7. The summed E-state index contributed by atoms with van der Waals surface area (Å²) in [5.74, 6) is 0.891. The number of hydrogen-bond donors (Lipinski definition) is 1. The maximum absolute atomic E-state index is 12.7. The Morgan fingerprint density at radius 3 is 2.73 bits per heavy atom. The Kier molecular flexibility index (Phi) is 5.07. The lowest BCUT2D eigenvalue weighted by atomic mass is 9.95. The summed E-state index contributed by atoms with van der Waals surface area (Å²) in [5.41, 5.74) is 2.90. The van der Waals surface area contributed by atoms with Crippen LogP contribution in [0.25, 0.3) is 22.4 Å². The van der Waals surface area contributed by atoms with Gasteiger partial charge in [-0.1, -0.05) is 59.5 Å². The zero-order valence-electron chi connectivity index (χ0n) is 14.6. The average Bonchev–Trinajstić information content (AvgIpc) is 3.01. The molecule has 0 aliphatic heterocycles. The first-order chi connectivity index (χ1) is 12.7. The summed E-state index contributed by atoms with van der Waals surface area (Å²) in [5, 5.41) is 3.22. The minimum absolute atomic E-state index is 0.0660. The number of amides is 1. The van der Waals surface area contributed by atoms with E-state index in [4.69, 9.17) is 4.98 Å². The number of carbonyl (C=O) groups excluding carboxylic acids is 1. The van der Waals surface area contributed by atoms with Gasteiger partial charge >= 0.3 is 0 Å². The molecule has 0 unspecified atom stereocenters. The van der Waals surface area contributed by atoms with Gasteiger partial charge in [0.25, 0.3) is 0 Å². The minimum atomic E-state index is 0.0660. The fourth-order valence-corrected chi connectivity index (χ4v) is 4.15. The third kappa shape index (κ3) is 3.68. The monoisotopic (exact) mass is 411 g/mol. The zero-order valence-corrected chi connectivity index (χ0v) is 16.2. The predicted molar refractivity (Wildman–Crippen MR) is 108 cm³/mol. The summed E-state index contributed by atoms with van der Waals surface area (Å²) in [6, 6.07) is 16.4. The smallest absolute Gasteiger partial charge is 0.240 e. The van der Waals surface area contributed by atoms with Crippen molar-refractivity contribution in [3.8, 4) is 11.4 Å². The fraction of sp³-hybridized carbons (Fsp3) is 0.333. The minimum Gasteiger partial charge on any atom is -0.352 e. The van der Waals surface area contributed by atoms with Gasteiger partial charge in [-0.15, -0.1) is 0 Å². The Hall–Kier alpha value is -2.14. The molecule has 1 aliphatic rings. The zero-order chi connectivity index (χ0) is 17.9. The van der Waals surface area contributed by atoms with Gasteiger partial charge in [-0.3, -0.25) is 4.79 Å². The predicted octanol–water partition coefficient (Wildman–Crippen LogP) is 4.91. The van der Waals surface area contributed by atoms with Gasteiger partial charge < -0.3 is 9.88 Å². The summed E-state index contributed by atoms with van der Waals surface area (Å²) in [6.45, 7) is 0.291. The highest BCUT2D eigenvalue weighted by atomic mass is 79.9. The number of nitrogens with one attached hydrogen (secondary N) is 1. The van der Waals surface area contributed by atoms with Crippen molar-refractivity contribution in [2.24, 2.45) is 0 Å². The lowest BCUT2D eigenvalue weighted by Gasteiger charge is -2.23. The number of halogens is 1. The highest BCUT2D eigenvalue weighted by Gasteiger charge is 2.19. The molecule has 1 aliphatic carbocycles. The molecule has 1 fully saturated rings. The molecule has 5 heteroatoms. The van der Waals surface area contributed by atoms with E-state index in [1.54, 1.807) is 0 Å². The van der Waals surface area contributed by atoms with Crippen LogP contribution in [0.2, 0.25) is 0 Å². The van der Waals surface area contributed by atoms with Gasteiger partial charge in [0.1, 0.15) is 12.4 Å². The van der Waals surface area contributed by atoms with Crippen LogP contribution in [0, 0.1) is 0 Å². The van der Waals surface area contributed by atoms with Crippen LogP contribution in [0.4, 0.5) is 0 Å². The van der Waals surface area contributed by atoms with E-state index in [1.165, 1.54) is 19.3 Å². The molecule has 1 N–H and O–H groups in total. The van der Waals surface area contributed by atoms with Crippen LogP contribution in [-0.4, -0.2) is 21.5 Å². The van der Waals surface area contributed by atoms with E-state index in [0.29, 0.717) is 12.6 Å². The standard InChI is InChI=1S/C21H22BrN3O/c22-16-8-6-7-15(13-16)21-24-18-11-4-5-12-19(18)25(21)14-20(26)23-17-9-2-1-3-10-17/h4-8,11-13,17H,1-3,9-10,14H2,(H,23,26). The molecule has 2 aromatic carbocycles. The Bertz CT molecular complexity index is 928. The third-order valence-electron chi connectivity index (χ3n) is 5.01. The van der Waals surface area contributed by atoms with E-state index in [1.807, 2.05) is 53.1 Å². The van der Waals surface area contributed by atoms with Crippen molar-refractivity contribution in [3.63, 3.8) is 0 Å². The molecule has 3 aromatic rings. The second-order valence-corrected chi connectivity index (χ2v) is 7.84. The Labute approximate surface area is 161 Å². The van der Waals surface area contributed by atoms with Gasteiger partial charge in [0.15, 0.2) is 0 Å². The number of benzene rings is 2. The largest absolute Gasteiger partial charge is 0.352 e. The summed E-state index contributed by atoms with van der Waals surface area (Å²) in [4.78, 5) is 17.5. The number of rotatable bonds is 4. The average molecular weight is 412 g/mol. The van der Waals surface area contributed by atoms with E-state index >= 15 is 0 Å². The normalized spacial score (nSPS) is 15.3. The molecule has 0 bridgehead atoms. The van der Waals surface area contributed by atoms with Crippen LogP contribution in [0.15, 0.2) is 53.0 Å². The first-order valence-corrected chi connectivity index (χ1v) is 10.0. The van der Waals surface area contributed by atoms with Gasteiger partial charge in [0.2, 0.25) is 5.91 Å². The molecule has 1 amide bonds. The molecule has 4 nitrogen and oxygen atoms in total. The Balaban J connectivity index is 1.66. The second kappa shape index (κ2) is 7.62. The number of hydrogen-bond acceptors (Lipinski definition) is 2. The van der Waals surface area contributed by atoms with Crippen LogP contribution in [0.5, 0.6) is 0 Å². The Morgan fingerprint density at radius 1 is 1.12 bits per heavy atom.